The third-order valence-electron chi connectivity index (χ3n) is 2.98. The van der Waals surface area contributed by atoms with Gasteiger partial charge in [0.25, 0.3) is 0 Å². The first-order chi connectivity index (χ1) is 10.8. The maximum Gasteiger partial charge on any atom is 0.416 e. The summed E-state index contributed by atoms with van der Waals surface area (Å²) in [6, 6.07) is 11.5. The summed E-state index contributed by atoms with van der Waals surface area (Å²) < 4.78 is 37.8. The van der Waals surface area contributed by atoms with E-state index in [1.54, 1.807) is 24.3 Å². The molecule has 0 heterocycles. The minimum absolute atomic E-state index is 0.114. The van der Waals surface area contributed by atoms with Crippen molar-refractivity contribution in [3.8, 4) is 0 Å². The van der Waals surface area contributed by atoms with Crippen LogP contribution in [0, 0.1) is 0 Å². The standard InChI is InChI=1S/C16H14ClF3N2O/c17-12-4-2-6-14(10-12)22-15(23)7-8-21-13-5-1-3-11(9-13)16(18,19)20/h1-6,9-10,21H,7-8H2,(H,22,23). The number of carbonyl (C=O) groups excluding carboxylic acids is 1. The summed E-state index contributed by atoms with van der Waals surface area (Å²) in [5.41, 5.74) is 0.155. The lowest BCUT2D eigenvalue weighted by Crippen LogP contribution is -2.16. The Bertz CT molecular complexity index is 689. The molecule has 0 aliphatic heterocycles. The Balaban J connectivity index is 1.84. The van der Waals surface area contributed by atoms with Gasteiger partial charge in [0, 0.05) is 29.4 Å². The zero-order valence-electron chi connectivity index (χ0n) is 12.0. The number of rotatable bonds is 5. The lowest BCUT2D eigenvalue weighted by Gasteiger charge is -2.11. The van der Waals surface area contributed by atoms with Crippen molar-refractivity contribution < 1.29 is 18.0 Å². The van der Waals surface area contributed by atoms with Gasteiger partial charge in [0.1, 0.15) is 0 Å². The first-order valence-corrected chi connectivity index (χ1v) is 7.19. The number of nitrogens with one attached hydrogen (secondary N) is 2. The number of halogens is 4. The Kier molecular flexibility index (Phi) is 5.50. The van der Waals surface area contributed by atoms with Crippen molar-refractivity contribution in [2.45, 2.75) is 12.6 Å². The van der Waals surface area contributed by atoms with E-state index in [1.165, 1.54) is 12.1 Å². The first kappa shape index (κ1) is 17.1. The molecule has 0 saturated carbocycles. The zero-order chi connectivity index (χ0) is 16.9. The Morgan fingerprint density at radius 3 is 2.43 bits per heavy atom. The second-order valence-corrected chi connectivity index (χ2v) is 5.25. The second-order valence-electron chi connectivity index (χ2n) is 4.81. The minimum Gasteiger partial charge on any atom is -0.385 e. The Morgan fingerprint density at radius 2 is 1.74 bits per heavy atom. The fraction of sp³-hybridized carbons (Fsp3) is 0.188. The van der Waals surface area contributed by atoms with Crippen LogP contribution < -0.4 is 10.6 Å². The summed E-state index contributed by atoms with van der Waals surface area (Å²) in [6.45, 7) is 0.216. The summed E-state index contributed by atoms with van der Waals surface area (Å²) in [4.78, 5) is 11.8. The molecule has 0 atom stereocenters. The number of hydrogen-bond acceptors (Lipinski definition) is 2. The van der Waals surface area contributed by atoms with Crippen LogP contribution in [0.4, 0.5) is 24.5 Å². The zero-order valence-corrected chi connectivity index (χ0v) is 12.7. The SMILES string of the molecule is O=C(CCNc1cccc(C(F)(F)F)c1)Nc1cccc(Cl)c1. The molecular weight excluding hydrogens is 329 g/mol. The minimum atomic E-state index is -4.39. The molecule has 3 nitrogen and oxygen atoms in total. The predicted molar refractivity (Wildman–Crippen MR) is 84.6 cm³/mol. The van der Waals surface area contributed by atoms with Crippen LogP contribution in [0.25, 0.3) is 0 Å². The van der Waals surface area contributed by atoms with Crippen molar-refractivity contribution in [1.82, 2.24) is 0 Å². The summed E-state index contributed by atoms with van der Waals surface area (Å²) in [5, 5.41) is 5.96. The molecule has 0 aromatic heterocycles. The van der Waals surface area contributed by atoms with Crippen molar-refractivity contribution >= 4 is 28.9 Å². The number of alkyl halides is 3. The molecule has 0 saturated heterocycles. The topological polar surface area (TPSA) is 41.1 Å². The molecule has 2 aromatic rings. The van der Waals surface area contributed by atoms with Gasteiger partial charge in [-0.15, -0.1) is 0 Å². The quantitative estimate of drug-likeness (QED) is 0.819. The predicted octanol–water partition coefficient (Wildman–Crippen LogP) is 4.80. The van der Waals surface area contributed by atoms with Crippen LogP contribution in [0.3, 0.4) is 0 Å². The highest BCUT2D eigenvalue weighted by Crippen LogP contribution is 2.30. The van der Waals surface area contributed by atoms with Crippen LogP contribution in [0.1, 0.15) is 12.0 Å². The molecule has 2 rings (SSSR count). The molecule has 1 amide bonds. The van der Waals surface area contributed by atoms with Crippen LogP contribution in [-0.4, -0.2) is 12.5 Å². The largest absolute Gasteiger partial charge is 0.416 e. The van der Waals surface area contributed by atoms with Gasteiger partial charge in [-0.3, -0.25) is 4.79 Å². The molecule has 7 heteroatoms. The van der Waals surface area contributed by atoms with Gasteiger partial charge in [-0.1, -0.05) is 23.7 Å². The molecule has 2 aromatic carbocycles. The molecule has 0 bridgehead atoms. The van der Waals surface area contributed by atoms with E-state index in [0.717, 1.165) is 12.1 Å². The van der Waals surface area contributed by atoms with Crippen LogP contribution in [-0.2, 0) is 11.0 Å². The van der Waals surface area contributed by atoms with Crippen molar-refractivity contribution in [2.24, 2.45) is 0 Å². The van der Waals surface area contributed by atoms with Crippen LogP contribution in [0.5, 0.6) is 0 Å². The lowest BCUT2D eigenvalue weighted by molar-refractivity contribution is -0.137. The Labute approximate surface area is 136 Å². The number of amides is 1. The van der Waals surface area contributed by atoms with Crippen molar-refractivity contribution in [3.63, 3.8) is 0 Å². The van der Waals surface area contributed by atoms with Gasteiger partial charge in [0.05, 0.1) is 5.56 Å². The van der Waals surface area contributed by atoms with Gasteiger partial charge in [-0.25, -0.2) is 0 Å². The van der Waals surface area contributed by atoms with E-state index in [2.05, 4.69) is 10.6 Å². The fourth-order valence-electron chi connectivity index (χ4n) is 1.92. The second kappa shape index (κ2) is 7.37. The van der Waals surface area contributed by atoms with Crippen molar-refractivity contribution in [3.05, 3.63) is 59.1 Å². The van der Waals surface area contributed by atoms with Crippen molar-refractivity contribution in [1.29, 1.82) is 0 Å². The third kappa shape index (κ3) is 5.49. The van der Waals surface area contributed by atoms with Gasteiger partial charge < -0.3 is 10.6 Å². The first-order valence-electron chi connectivity index (χ1n) is 6.81. The highest BCUT2D eigenvalue weighted by molar-refractivity contribution is 6.30. The van der Waals surface area contributed by atoms with E-state index < -0.39 is 11.7 Å². The van der Waals surface area contributed by atoms with E-state index in [4.69, 9.17) is 11.6 Å². The molecule has 0 aliphatic carbocycles. The number of anilines is 2. The molecular formula is C16H14ClF3N2O. The Hall–Kier alpha value is -2.21. The van der Waals surface area contributed by atoms with E-state index in [-0.39, 0.29) is 18.9 Å². The van der Waals surface area contributed by atoms with Crippen LogP contribution in [0.15, 0.2) is 48.5 Å². The lowest BCUT2D eigenvalue weighted by atomic mass is 10.2. The monoisotopic (exact) mass is 342 g/mol. The number of benzene rings is 2. The summed E-state index contributed by atoms with van der Waals surface area (Å²) >= 11 is 5.81. The average molecular weight is 343 g/mol. The van der Waals surface area contributed by atoms with E-state index in [0.29, 0.717) is 16.4 Å². The van der Waals surface area contributed by atoms with Gasteiger partial charge in [0.2, 0.25) is 5.91 Å². The highest BCUT2D eigenvalue weighted by Gasteiger charge is 2.30. The number of carbonyl (C=O) groups is 1. The van der Waals surface area contributed by atoms with Gasteiger partial charge >= 0.3 is 6.18 Å². The highest BCUT2D eigenvalue weighted by atomic mass is 35.5. The average Bonchev–Trinajstić information content (AvgIpc) is 2.46. The Morgan fingerprint density at radius 1 is 1.04 bits per heavy atom. The molecule has 0 unspecified atom stereocenters. The molecule has 23 heavy (non-hydrogen) atoms. The van der Waals surface area contributed by atoms with Gasteiger partial charge in [-0.05, 0) is 36.4 Å². The fourth-order valence-corrected chi connectivity index (χ4v) is 2.11. The summed E-state index contributed by atoms with van der Waals surface area (Å²) in [6.07, 6.45) is -4.27. The van der Waals surface area contributed by atoms with Gasteiger partial charge in [0.15, 0.2) is 0 Å². The normalized spacial score (nSPS) is 11.1. The molecule has 0 radical (unpaired) electrons. The van der Waals surface area contributed by atoms with E-state index in [1.807, 2.05) is 0 Å². The molecule has 0 spiro atoms. The summed E-state index contributed by atoms with van der Waals surface area (Å²) in [7, 11) is 0. The maximum atomic E-state index is 12.6. The maximum absolute atomic E-state index is 12.6. The third-order valence-corrected chi connectivity index (χ3v) is 3.21. The smallest absolute Gasteiger partial charge is 0.385 e. The van der Waals surface area contributed by atoms with E-state index in [9.17, 15) is 18.0 Å². The van der Waals surface area contributed by atoms with Crippen molar-refractivity contribution in [2.75, 3.05) is 17.2 Å². The van der Waals surface area contributed by atoms with Crippen LogP contribution >= 0.6 is 11.6 Å². The summed E-state index contributed by atoms with van der Waals surface area (Å²) in [5.74, 6) is -0.258. The molecule has 2 N–H and O–H groups in total. The number of hydrogen-bond donors (Lipinski definition) is 2. The van der Waals surface area contributed by atoms with Crippen LogP contribution in [0.2, 0.25) is 5.02 Å². The van der Waals surface area contributed by atoms with E-state index >= 15 is 0 Å². The molecule has 0 fully saturated rings. The molecule has 0 aliphatic rings. The van der Waals surface area contributed by atoms with Gasteiger partial charge in [-0.2, -0.15) is 13.2 Å². The molecule has 122 valence electrons.